The summed E-state index contributed by atoms with van der Waals surface area (Å²) in [6, 6.07) is 8.37. The minimum absolute atomic E-state index is 0.395. The predicted octanol–water partition coefficient (Wildman–Crippen LogP) is 2.55. The lowest BCUT2D eigenvalue weighted by molar-refractivity contribution is 0.427. The van der Waals surface area contributed by atoms with Crippen molar-refractivity contribution < 1.29 is 4.21 Å². The van der Waals surface area contributed by atoms with Crippen molar-refractivity contribution in [3.63, 3.8) is 0 Å². The van der Waals surface area contributed by atoms with Gasteiger partial charge in [0.2, 0.25) is 0 Å². The number of nitrogens with zero attached hydrogens (tertiary/aromatic N) is 1. The normalized spacial score (nSPS) is 22.1. The van der Waals surface area contributed by atoms with Crippen molar-refractivity contribution >= 4 is 32.4 Å². The lowest BCUT2D eigenvalue weighted by Crippen LogP contribution is -2.38. The summed E-state index contributed by atoms with van der Waals surface area (Å²) in [5.74, 6) is 0.694. The Morgan fingerprint density at radius 3 is 3.06 bits per heavy atom. The van der Waals surface area contributed by atoms with Crippen LogP contribution in [0.2, 0.25) is 0 Å². The minimum Gasteiger partial charge on any atom is -0.313 e. The quantitative estimate of drug-likeness (QED) is 0.939. The Morgan fingerprint density at radius 1 is 1.39 bits per heavy atom. The fraction of sp³-hybridized carbons (Fsp3) is 0.462. The number of nitrogens with one attached hydrogen (secondary N) is 1. The predicted molar refractivity (Wildman–Crippen MR) is 76.5 cm³/mol. The second-order valence-electron chi connectivity index (χ2n) is 4.61. The van der Waals surface area contributed by atoms with Gasteiger partial charge in [-0.2, -0.15) is 0 Å². The molecule has 0 bridgehead atoms. The molecule has 1 aromatic carbocycles. The summed E-state index contributed by atoms with van der Waals surface area (Å²) in [5, 5.41) is 3.44. The van der Waals surface area contributed by atoms with Crippen molar-refractivity contribution in [2.75, 3.05) is 12.3 Å². The Hall–Kier alpha value is -0.780. The number of rotatable bonds is 3. The lowest BCUT2D eigenvalue weighted by atomic mass is 10.1. The summed E-state index contributed by atoms with van der Waals surface area (Å²) in [6.07, 6.45) is 3.62. The first-order valence-corrected chi connectivity index (χ1v) is 8.44. The topological polar surface area (TPSA) is 42.0 Å². The monoisotopic (exact) mass is 280 g/mol. The van der Waals surface area contributed by atoms with Crippen LogP contribution in [-0.2, 0) is 10.8 Å². The molecule has 1 saturated heterocycles. The molecule has 1 fully saturated rings. The molecular formula is C13H16N2OS2. The standard InChI is InChI=1S/C13H16N2OS2/c16-18(9-10-5-3-4-8-14-10)13-15-11-6-1-2-7-12(11)17-13/h1-2,6-7,10,14H,3-5,8-9H2/t10-,18+/m1/s1. The minimum atomic E-state index is -0.969. The molecule has 2 atom stereocenters. The van der Waals surface area contributed by atoms with Crippen LogP contribution in [-0.4, -0.2) is 27.5 Å². The van der Waals surface area contributed by atoms with Crippen LogP contribution in [0.3, 0.4) is 0 Å². The van der Waals surface area contributed by atoms with Crippen LogP contribution in [0, 0.1) is 0 Å². The summed E-state index contributed by atoms with van der Waals surface area (Å²) in [7, 11) is -0.969. The first-order chi connectivity index (χ1) is 8.83. The largest absolute Gasteiger partial charge is 0.313 e. The van der Waals surface area contributed by atoms with Crippen LogP contribution in [0.1, 0.15) is 19.3 Å². The summed E-state index contributed by atoms with van der Waals surface area (Å²) < 4.78 is 14.2. The molecule has 18 heavy (non-hydrogen) atoms. The first kappa shape index (κ1) is 12.3. The number of piperidine rings is 1. The van der Waals surface area contributed by atoms with E-state index in [4.69, 9.17) is 0 Å². The van der Waals surface area contributed by atoms with Crippen molar-refractivity contribution in [3.8, 4) is 0 Å². The molecular weight excluding hydrogens is 264 g/mol. The van der Waals surface area contributed by atoms with Gasteiger partial charge in [0, 0.05) is 11.8 Å². The third-order valence-corrected chi connectivity index (χ3v) is 6.06. The Labute approximate surface area is 113 Å². The fourth-order valence-corrected chi connectivity index (χ4v) is 4.80. The second-order valence-corrected chi connectivity index (χ2v) is 7.31. The SMILES string of the molecule is O=[S@@](C[C@H]1CCCCN1)c1nc2ccccc2s1. The molecule has 96 valence electrons. The van der Waals surface area contributed by atoms with E-state index in [0.29, 0.717) is 11.8 Å². The zero-order valence-corrected chi connectivity index (χ0v) is 11.7. The van der Waals surface area contributed by atoms with Crippen molar-refractivity contribution in [2.45, 2.75) is 29.6 Å². The molecule has 3 nitrogen and oxygen atoms in total. The smallest absolute Gasteiger partial charge is 0.181 e. The molecule has 0 spiro atoms. The van der Waals surface area contributed by atoms with Crippen molar-refractivity contribution in [3.05, 3.63) is 24.3 Å². The van der Waals surface area contributed by atoms with E-state index < -0.39 is 10.8 Å². The highest BCUT2D eigenvalue weighted by atomic mass is 32.2. The first-order valence-electron chi connectivity index (χ1n) is 6.30. The summed E-state index contributed by atoms with van der Waals surface area (Å²) >= 11 is 1.55. The molecule has 0 saturated carbocycles. The second kappa shape index (κ2) is 5.47. The zero-order chi connectivity index (χ0) is 12.4. The molecule has 0 aliphatic carbocycles. The van der Waals surface area contributed by atoms with E-state index in [2.05, 4.69) is 10.3 Å². The number of fused-ring (bicyclic) bond motifs is 1. The Balaban J connectivity index is 1.74. The van der Waals surface area contributed by atoms with Gasteiger partial charge >= 0.3 is 0 Å². The number of hydrogen-bond acceptors (Lipinski definition) is 4. The van der Waals surface area contributed by atoms with Crippen LogP contribution in [0.5, 0.6) is 0 Å². The zero-order valence-electron chi connectivity index (χ0n) is 10.1. The molecule has 5 heteroatoms. The molecule has 2 aromatic rings. The molecule has 1 aromatic heterocycles. The highest BCUT2D eigenvalue weighted by Crippen LogP contribution is 2.24. The van der Waals surface area contributed by atoms with Gasteiger partial charge in [0.05, 0.1) is 21.0 Å². The van der Waals surface area contributed by atoms with Gasteiger partial charge in [0.1, 0.15) is 0 Å². The van der Waals surface area contributed by atoms with Gasteiger partial charge in [-0.25, -0.2) is 4.98 Å². The molecule has 1 N–H and O–H groups in total. The van der Waals surface area contributed by atoms with Gasteiger partial charge in [-0.3, -0.25) is 4.21 Å². The van der Waals surface area contributed by atoms with Crippen LogP contribution < -0.4 is 5.32 Å². The maximum Gasteiger partial charge on any atom is 0.181 e. The van der Waals surface area contributed by atoms with Crippen LogP contribution >= 0.6 is 11.3 Å². The highest BCUT2D eigenvalue weighted by Gasteiger charge is 2.18. The van der Waals surface area contributed by atoms with E-state index in [0.717, 1.165) is 27.5 Å². The molecule has 3 rings (SSSR count). The summed E-state index contributed by atoms with van der Waals surface area (Å²) in [4.78, 5) is 4.47. The van der Waals surface area contributed by atoms with E-state index in [9.17, 15) is 4.21 Å². The van der Waals surface area contributed by atoms with Crippen LogP contribution in [0.15, 0.2) is 28.6 Å². The van der Waals surface area contributed by atoms with Crippen molar-refractivity contribution in [1.29, 1.82) is 0 Å². The number of thiazole rings is 1. The van der Waals surface area contributed by atoms with E-state index in [1.807, 2.05) is 24.3 Å². The number of aromatic nitrogens is 1. The van der Waals surface area contributed by atoms with Gasteiger partial charge in [0.25, 0.3) is 0 Å². The average molecular weight is 280 g/mol. The molecule has 0 amide bonds. The van der Waals surface area contributed by atoms with Crippen molar-refractivity contribution in [2.24, 2.45) is 0 Å². The molecule has 1 aliphatic rings. The maximum absolute atomic E-state index is 12.3. The van der Waals surface area contributed by atoms with Crippen molar-refractivity contribution in [1.82, 2.24) is 10.3 Å². The van der Waals surface area contributed by atoms with Gasteiger partial charge in [-0.05, 0) is 31.5 Å². The summed E-state index contributed by atoms with van der Waals surface area (Å²) in [6.45, 7) is 1.06. The van der Waals surface area contributed by atoms with Crippen LogP contribution in [0.25, 0.3) is 10.2 Å². The third-order valence-electron chi connectivity index (χ3n) is 3.23. The Morgan fingerprint density at radius 2 is 2.28 bits per heavy atom. The van der Waals surface area contributed by atoms with Gasteiger partial charge in [-0.1, -0.05) is 18.6 Å². The highest BCUT2D eigenvalue weighted by molar-refractivity contribution is 7.87. The van der Waals surface area contributed by atoms with Gasteiger partial charge < -0.3 is 5.32 Å². The average Bonchev–Trinajstić information content (AvgIpc) is 2.84. The molecule has 0 unspecified atom stereocenters. The third kappa shape index (κ3) is 2.63. The fourth-order valence-electron chi connectivity index (χ4n) is 2.27. The Bertz CT molecular complexity index is 528. The van der Waals surface area contributed by atoms with E-state index in [1.54, 1.807) is 11.3 Å². The van der Waals surface area contributed by atoms with Crippen LogP contribution in [0.4, 0.5) is 0 Å². The van der Waals surface area contributed by atoms with Gasteiger partial charge in [-0.15, -0.1) is 11.3 Å². The lowest BCUT2D eigenvalue weighted by Gasteiger charge is -2.22. The number of benzene rings is 1. The maximum atomic E-state index is 12.3. The van der Waals surface area contributed by atoms with E-state index >= 15 is 0 Å². The van der Waals surface area contributed by atoms with E-state index in [-0.39, 0.29) is 0 Å². The van der Waals surface area contributed by atoms with E-state index in [1.165, 1.54) is 12.8 Å². The molecule has 2 heterocycles. The Kier molecular flexibility index (Phi) is 3.72. The van der Waals surface area contributed by atoms with Gasteiger partial charge in [0.15, 0.2) is 4.34 Å². The number of para-hydroxylation sites is 1. The molecule has 0 radical (unpaired) electrons. The molecule has 1 aliphatic heterocycles. The number of hydrogen-bond donors (Lipinski definition) is 1. The summed E-state index contributed by atoms with van der Waals surface area (Å²) in [5.41, 5.74) is 0.961.